The highest BCUT2D eigenvalue weighted by atomic mass is 16.2. The first kappa shape index (κ1) is 14.4. The molecule has 0 radical (unpaired) electrons. The summed E-state index contributed by atoms with van der Waals surface area (Å²) in [4.78, 5) is 27.2. The van der Waals surface area contributed by atoms with Gasteiger partial charge in [0.1, 0.15) is 11.6 Å². The lowest BCUT2D eigenvalue weighted by Gasteiger charge is -2.57. The van der Waals surface area contributed by atoms with E-state index in [1.807, 2.05) is 25.7 Å². The molecule has 2 rings (SSSR count). The summed E-state index contributed by atoms with van der Waals surface area (Å²) in [5, 5.41) is 2.97. The van der Waals surface area contributed by atoms with E-state index in [9.17, 15) is 9.59 Å². The SMILES string of the molecule is CCC1(CC)NC(=O)C(C)N(C2(CC)CCC2)C1=O. The maximum Gasteiger partial charge on any atom is 0.249 e. The summed E-state index contributed by atoms with van der Waals surface area (Å²) in [5.41, 5.74) is -0.745. The van der Waals surface area contributed by atoms with Crippen LogP contribution in [0.1, 0.15) is 66.2 Å². The Kier molecular flexibility index (Phi) is 3.63. The molecule has 0 aromatic rings. The lowest BCUT2D eigenvalue weighted by Crippen LogP contribution is -2.75. The molecular formula is C15H26N2O2. The zero-order valence-electron chi connectivity index (χ0n) is 12.6. The monoisotopic (exact) mass is 266 g/mol. The fourth-order valence-corrected chi connectivity index (χ4v) is 3.62. The van der Waals surface area contributed by atoms with Crippen molar-refractivity contribution >= 4 is 11.8 Å². The molecule has 1 saturated heterocycles. The van der Waals surface area contributed by atoms with E-state index in [0.29, 0.717) is 12.8 Å². The van der Waals surface area contributed by atoms with Crippen molar-refractivity contribution in [3.63, 3.8) is 0 Å². The number of piperazine rings is 1. The average molecular weight is 266 g/mol. The van der Waals surface area contributed by atoms with E-state index >= 15 is 0 Å². The van der Waals surface area contributed by atoms with Gasteiger partial charge < -0.3 is 10.2 Å². The lowest BCUT2D eigenvalue weighted by atomic mass is 9.70. The quantitative estimate of drug-likeness (QED) is 0.848. The van der Waals surface area contributed by atoms with Crippen LogP contribution in [0.4, 0.5) is 0 Å². The standard InChI is InChI=1S/C15H26N2O2/c1-5-14(9-8-10-14)17-11(4)12(18)16-15(6-2,7-3)13(17)19/h11H,5-10H2,1-4H3,(H,16,18). The van der Waals surface area contributed by atoms with Crippen LogP contribution in [0.3, 0.4) is 0 Å². The Morgan fingerprint density at radius 3 is 2.11 bits per heavy atom. The molecule has 4 nitrogen and oxygen atoms in total. The first-order valence-corrected chi connectivity index (χ1v) is 7.62. The van der Waals surface area contributed by atoms with Crippen LogP contribution in [0, 0.1) is 0 Å². The third-order valence-electron chi connectivity index (χ3n) is 5.42. The van der Waals surface area contributed by atoms with Gasteiger partial charge in [-0.1, -0.05) is 20.8 Å². The van der Waals surface area contributed by atoms with Crippen LogP contribution in [-0.4, -0.2) is 33.8 Å². The number of nitrogens with zero attached hydrogens (tertiary/aromatic N) is 1. The van der Waals surface area contributed by atoms with Crippen molar-refractivity contribution in [2.45, 2.75) is 83.3 Å². The van der Waals surface area contributed by atoms with E-state index < -0.39 is 5.54 Å². The molecular weight excluding hydrogens is 240 g/mol. The highest BCUT2D eigenvalue weighted by molar-refractivity contribution is 6.00. The fraction of sp³-hybridized carbons (Fsp3) is 0.867. The predicted octanol–water partition coefficient (Wildman–Crippen LogP) is 2.22. The smallest absolute Gasteiger partial charge is 0.249 e. The van der Waals surface area contributed by atoms with Crippen LogP contribution in [0.25, 0.3) is 0 Å². The molecule has 2 fully saturated rings. The molecule has 0 spiro atoms. The van der Waals surface area contributed by atoms with Crippen LogP contribution in [0.15, 0.2) is 0 Å². The summed E-state index contributed by atoms with van der Waals surface area (Å²) < 4.78 is 0. The molecule has 19 heavy (non-hydrogen) atoms. The molecule has 1 aliphatic heterocycles. The Hall–Kier alpha value is -1.06. The van der Waals surface area contributed by atoms with Gasteiger partial charge in [0.05, 0.1) is 0 Å². The molecule has 4 heteroatoms. The first-order chi connectivity index (χ1) is 8.96. The normalized spacial score (nSPS) is 28.8. The Morgan fingerprint density at radius 1 is 1.16 bits per heavy atom. The van der Waals surface area contributed by atoms with Gasteiger partial charge in [-0.15, -0.1) is 0 Å². The van der Waals surface area contributed by atoms with Crippen molar-refractivity contribution in [2.75, 3.05) is 0 Å². The van der Waals surface area contributed by atoms with E-state index in [1.165, 1.54) is 0 Å². The predicted molar refractivity (Wildman–Crippen MR) is 74.6 cm³/mol. The summed E-state index contributed by atoms with van der Waals surface area (Å²) in [6, 6.07) is -0.334. The first-order valence-electron chi connectivity index (χ1n) is 7.62. The maximum absolute atomic E-state index is 13.0. The van der Waals surface area contributed by atoms with Crippen LogP contribution in [0.5, 0.6) is 0 Å². The zero-order chi connectivity index (χ0) is 14.3. The molecule has 2 amide bonds. The number of hydrogen-bond donors (Lipinski definition) is 1. The summed E-state index contributed by atoms with van der Waals surface area (Å²) in [7, 11) is 0. The van der Waals surface area contributed by atoms with E-state index in [1.54, 1.807) is 0 Å². The van der Waals surface area contributed by atoms with Gasteiger partial charge in [-0.3, -0.25) is 9.59 Å². The topological polar surface area (TPSA) is 49.4 Å². The average Bonchev–Trinajstić information content (AvgIpc) is 2.37. The van der Waals surface area contributed by atoms with E-state index in [4.69, 9.17) is 0 Å². The summed E-state index contributed by atoms with van der Waals surface area (Å²) >= 11 is 0. The molecule has 0 aromatic carbocycles. The molecule has 0 bridgehead atoms. The third-order valence-corrected chi connectivity index (χ3v) is 5.42. The minimum Gasteiger partial charge on any atom is -0.340 e. The van der Waals surface area contributed by atoms with E-state index in [0.717, 1.165) is 25.7 Å². The highest BCUT2D eigenvalue weighted by Crippen LogP contribution is 2.44. The van der Waals surface area contributed by atoms with Crippen LogP contribution in [-0.2, 0) is 9.59 Å². The minimum absolute atomic E-state index is 0.00280. The van der Waals surface area contributed by atoms with Crippen molar-refractivity contribution in [1.29, 1.82) is 0 Å². The Balaban J connectivity index is 2.39. The van der Waals surface area contributed by atoms with Gasteiger partial charge in [0.15, 0.2) is 0 Å². The Labute approximate surface area is 115 Å². The molecule has 1 atom stereocenters. The van der Waals surface area contributed by atoms with Gasteiger partial charge in [0.25, 0.3) is 0 Å². The molecule has 2 aliphatic rings. The van der Waals surface area contributed by atoms with Crippen molar-refractivity contribution in [1.82, 2.24) is 10.2 Å². The Morgan fingerprint density at radius 2 is 1.74 bits per heavy atom. The number of carbonyl (C=O) groups excluding carboxylic acids is 2. The van der Waals surface area contributed by atoms with Crippen molar-refractivity contribution in [2.24, 2.45) is 0 Å². The molecule has 1 unspecified atom stereocenters. The highest BCUT2D eigenvalue weighted by Gasteiger charge is 2.55. The summed E-state index contributed by atoms with van der Waals surface area (Å²) in [5.74, 6) is 0.133. The van der Waals surface area contributed by atoms with Crippen molar-refractivity contribution in [3.8, 4) is 0 Å². The number of rotatable bonds is 4. The molecule has 108 valence electrons. The number of carbonyl (C=O) groups is 2. The molecule has 1 N–H and O–H groups in total. The second-order valence-corrected chi connectivity index (χ2v) is 6.06. The van der Waals surface area contributed by atoms with E-state index in [-0.39, 0.29) is 23.4 Å². The zero-order valence-corrected chi connectivity index (χ0v) is 12.6. The summed E-state index contributed by atoms with van der Waals surface area (Å²) in [6.07, 6.45) is 5.51. The maximum atomic E-state index is 13.0. The van der Waals surface area contributed by atoms with Crippen molar-refractivity contribution in [3.05, 3.63) is 0 Å². The van der Waals surface area contributed by atoms with Gasteiger partial charge >= 0.3 is 0 Å². The van der Waals surface area contributed by atoms with Gasteiger partial charge in [0, 0.05) is 5.54 Å². The number of nitrogens with one attached hydrogen (secondary N) is 1. The van der Waals surface area contributed by atoms with Crippen LogP contribution < -0.4 is 5.32 Å². The second kappa shape index (κ2) is 4.80. The fourth-order valence-electron chi connectivity index (χ4n) is 3.62. The number of hydrogen-bond acceptors (Lipinski definition) is 2. The number of amides is 2. The van der Waals surface area contributed by atoms with E-state index in [2.05, 4.69) is 12.2 Å². The van der Waals surface area contributed by atoms with Gasteiger partial charge in [-0.25, -0.2) is 0 Å². The summed E-state index contributed by atoms with van der Waals surface area (Å²) in [6.45, 7) is 7.95. The van der Waals surface area contributed by atoms with Crippen LogP contribution in [0.2, 0.25) is 0 Å². The molecule has 1 saturated carbocycles. The largest absolute Gasteiger partial charge is 0.340 e. The van der Waals surface area contributed by atoms with Gasteiger partial charge in [-0.2, -0.15) is 0 Å². The Bertz CT molecular complexity index is 378. The molecule has 0 aromatic heterocycles. The molecule has 1 heterocycles. The molecule has 1 aliphatic carbocycles. The van der Waals surface area contributed by atoms with Crippen molar-refractivity contribution < 1.29 is 9.59 Å². The second-order valence-electron chi connectivity index (χ2n) is 6.06. The van der Waals surface area contributed by atoms with Gasteiger partial charge in [0.2, 0.25) is 11.8 Å². The third kappa shape index (κ3) is 1.87. The minimum atomic E-state index is -0.679. The lowest BCUT2D eigenvalue weighted by molar-refractivity contribution is -0.167. The van der Waals surface area contributed by atoms with Crippen LogP contribution >= 0.6 is 0 Å². The van der Waals surface area contributed by atoms with Gasteiger partial charge in [-0.05, 0) is 45.4 Å².